The third kappa shape index (κ3) is 6.07. The minimum Gasteiger partial charge on any atom is -0.482 e. The van der Waals surface area contributed by atoms with E-state index in [-0.39, 0.29) is 18.3 Å². The van der Waals surface area contributed by atoms with Gasteiger partial charge in [0.25, 0.3) is 5.91 Å². The van der Waals surface area contributed by atoms with Crippen molar-refractivity contribution in [2.24, 2.45) is 0 Å². The van der Waals surface area contributed by atoms with Crippen LogP contribution in [-0.4, -0.2) is 25.6 Å². The number of carbonyl (C=O) groups excluding carboxylic acids is 2. The first kappa shape index (κ1) is 20.9. The molecule has 3 aromatic carbocycles. The van der Waals surface area contributed by atoms with E-state index in [4.69, 9.17) is 9.47 Å². The zero-order valence-corrected chi connectivity index (χ0v) is 16.3. The normalized spacial score (nSPS) is 10.2. The molecule has 0 aliphatic rings. The number of benzene rings is 3. The van der Waals surface area contributed by atoms with Gasteiger partial charge in [0.05, 0.1) is 7.11 Å². The Morgan fingerprint density at radius 1 is 0.900 bits per heavy atom. The van der Waals surface area contributed by atoms with Gasteiger partial charge in [-0.25, -0.2) is 9.18 Å². The van der Waals surface area contributed by atoms with E-state index in [0.29, 0.717) is 29.4 Å². The van der Waals surface area contributed by atoms with Gasteiger partial charge in [0.15, 0.2) is 6.61 Å². The van der Waals surface area contributed by atoms with E-state index in [1.807, 2.05) is 12.1 Å². The summed E-state index contributed by atoms with van der Waals surface area (Å²) in [5.74, 6) is 0.435. The minimum absolute atomic E-state index is 0.228. The van der Waals surface area contributed by atoms with Crippen molar-refractivity contribution in [1.82, 2.24) is 5.32 Å². The van der Waals surface area contributed by atoms with E-state index >= 15 is 0 Å². The zero-order valence-electron chi connectivity index (χ0n) is 16.3. The number of hydrogen-bond acceptors (Lipinski definition) is 5. The molecule has 0 unspecified atom stereocenters. The summed E-state index contributed by atoms with van der Waals surface area (Å²) in [5, 5.41) is 2.83. The summed E-state index contributed by atoms with van der Waals surface area (Å²) in [6.45, 7) is 0.0941. The van der Waals surface area contributed by atoms with Crippen LogP contribution in [0, 0.1) is 5.82 Å². The number of nitrogens with one attached hydrogen (secondary N) is 1. The van der Waals surface area contributed by atoms with Gasteiger partial charge >= 0.3 is 5.97 Å². The number of amides is 1. The Labute approximate surface area is 173 Å². The second-order valence-corrected chi connectivity index (χ2v) is 6.28. The topological polar surface area (TPSA) is 73.9 Å². The zero-order chi connectivity index (χ0) is 21.3. The highest BCUT2D eigenvalue weighted by Crippen LogP contribution is 2.22. The summed E-state index contributed by atoms with van der Waals surface area (Å²) in [7, 11) is 1.27. The van der Waals surface area contributed by atoms with Gasteiger partial charge in [-0.3, -0.25) is 4.79 Å². The Hall–Kier alpha value is -3.87. The lowest BCUT2D eigenvalue weighted by Crippen LogP contribution is -2.22. The Morgan fingerprint density at radius 2 is 1.57 bits per heavy atom. The maximum absolute atomic E-state index is 12.9. The van der Waals surface area contributed by atoms with Crippen molar-refractivity contribution >= 4 is 11.9 Å². The summed E-state index contributed by atoms with van der Waals surface area (Å²) in [6, 6.07) is 19.5. The van der Waals surface area contributed by atoms with Crippen molar-refractivity contribution in [3.05, 3.63) is 89.7 Å². The van der Waals surface area contributed by atoms with Crippen LogP contribution in [-0.2, 0) is 16.1 Å². The average molecular weight is 409 g/mol. The maximum atomic E-state index is 12.9. The molecule has 1 amide bonds. The Kier molecular flexibility index (Phi) is 7.00. The molecule has 154 valence electrons. The molecule has 0 aliphatic heterocycles. The first-order valence-corrected chi connectivity index (χ1v) is 9.14. The fourth-order valence-corrected chi connectivity index (χ4v) is 2.53. The summed E-state index contributed by atoms with van der Waals surface area (Å²) in [4.78, 5) is 23.5. The van der Waals surface area contributed by atoms with E-state index in [2.05, 4.69) is 10.1 Å². The third-order valence-corrected chi connectivity index (χ3v) is 4.11. The van der Waals surface area contributed by atoms with Gasteiger partial charge in [0.1, 0.15) is 23.1 Å². The summed E-state index contributed by atoms with van der Waals surface area (Å²) >= 11 is 0. The van der Waals surface area contributed by atoms with Crippen molar-refractivity contribution in [3.63, 3.8) is 0 Å². The predicted molar refractivity (Wildman–Crippen MR) is 108 cm³/mol. The number of ether oxygens (including phenoxy) is 3. The second-order valence-electron chi connectivity index (χ2n) is 6.28. The predicted octanol–water partition coefficient (Wildman–Crippen LogP) is 4.10. The number of halogens is 1. The lowest BCUT2D eigenvalue weighted by atomic mass is 10.2. The Morgan fingerprint density at radius 3 is 2.23 bits per heavy atom. The van der Waals surface area contributed by atoms with Crippen molar-refractivity contribution in [3.8, 4) is 17.2 Å². The molecule has 0 saturated carbocycles. The van der Waals surface area contributed by atoms with Crippen molar-refractivity contribution < 1.29 is 28.2 Å². The lowest BCUT2D eigenvalue weighted by molar-refractivity contribution is -0.142. The molecule has 30 heavy (non-hydrogen) atoms. The van der Waals surface area contributed by atoms with Crippen LogP contribution in [0.2, 0.25) is 0 Å². The summed E-state index contributed by atoms with van der Waals surface area (Å²) < 4.78 is 28.4. The molecule has 0 aromatic heterocycles. The van der Waals surface area contributed by atoms with Gasteiger partial charge in [-0.15, -0.1) is 0 Å². The molecule has 0 saturated heterocycles. The highest BCUT2D eigenvalue weighted by molar-refractivity contribution is 5.94. The molecule has 0 spiro atoms. The van der Waals surface area contributed by atoms with E-state index < -0.39 is 5.97 Å². The molecule has 7 heteroatoms. The Bertz CT molecular complexity index is 1000. The van der Waals surface area contributed by atoms with Gasteiger partial charge in [-0.1, -0.05) is 18.2 Å². The van der Waals surface area contributed by atoms with Crippen LogP contribution in [0.25, 0.3) is 0 Å². The van der Waals surface area contributed by atoms with Gasteiger partial charge in [0, 0.05) is 12.1 Å². The molecule has 6 nitrogen and oxygen atoms in total. The molecule has 0 atom stereocenters. The third-order valence-electron chi connectivity index (χ3n) is 4.11. The number of esters is 1. The molecular formula is C23H20FNO5. The highest BCUT2D eigenvalue weighted by Gasteiger charge is 2.08. The number of carbonyl (C=O) groups is 2. The number of hydrogen-bond donors (Lipinski definition) is 1. The fourth-order valence-electron chi connectivity index (χ4n) is 2.53. The molecule has 1 N–H and O–H groups in total. The van der Waals surface area contributed by atoms with Crippen LogP contribution < -0.4 is 14.8 Å². The van der Waals surface area contributed by atoms with E-state index in [0.717, 1.165) is 5.56 Å². The molecule has 0 radical (unpaired) electrons. The largest absolute Gasteiger partial charge is 0.482 e. The number of methoxy groups -OCH3 is 1. The molecule has 3 rings (SSSR count). The monoisotopic (exact) mass is 409 g/mol. The minimum atomic E-state index is -0.503. The van der Waals surface area contributed by atoms with Crippen molar-refractivity contribution in [1.29, 1.82) is 0 Å². The molecule has 0 bridgehead atoms. The first-order valence-electron chi connectivity index (χ1n) is 9.14. The number of rotatable bonds is 8. The smallest absolute Gasteiger partial charge is 0.343 e. The van der Waals surface area contributed by atoms with Crippen molar-refractivity contribution in [2.45, 2.75) is 6.54 Å². The summed E-state index contributed by atoms with van der Waals surface area (Å²) in [6.07, 6.45) is 0. The molecule has 0 aliphatic carbocycles. The van der Waals surface area contributed by atoms with Crippen LogP contribution in [0.1, 0.15) is 15.9 Å². The van der Waals surface area contributed by atoms with Crippen LogP contribution in [0.4, 0.5) is 4.39 Å². The van der Waals surface area contributed by atoms with Gasteiger partial charge in [-0.2, -0.15) is 0 Å². The quantitative estimate of drug-likeness (QED) is 0.567. The van der Waals surface area contributed by atoms with Crippen LogP contribution >= 0.6 is 0 Å². The Balaban J connectivity index is 1.53. The SMILES string of the molecule is COC(=O)COc1cccc(C(=O)NCc2ccc(Oc3ccc(F)cc3)cc2)c1. The molecule has 3 aromatic rings. The van der Waals surface area contributed by atoms with E-state index in [1.165, 1.54) is 19.2 Å². The first-order chi connectivity index (χ1) is 14.5. The standard InChI is InChI=1S/C23H20FNO5/c1-28-22(26)15-29-21-4-2-3-17(13-21)23(27)25-14-16-5-9-19(10-6-16)30-20-11-7-18(24)8-12-20/h2-13H,14-15H2,1H3,(H,25,27). The van der Waals surface area contributed by atoms with Gasteiger partial charge < -0.3 is 19.5 Å². The second kappa shape index (κ2) is 10.1. The average Bonchev–Trinajstić information content (AvgIpc) is 2.78. The van der Waals surface area contributed by atoms with Gasteiger partial charge in [-0.05, 0) is 60.2 Å². The lowest BCUT2D eigenvalue weighted by Gasteiger charge is -2.09. The maximum Gasteiger partial charge on any atom is 0.343 e. The van der Waals surface area contributed by atoms with E-state index in [1.54, 1.807) is 48.5 Å². The fraction of sp³-hybridized carbons (Fsp3) is 0.130. The molecule has 0 fully saturated rings. The molecular weight excluding hydrogens is 389 g/mol. The van der Waals surface area contributed by atoms with Crippen molar-refractivity contribution in [2.75, 3.05) is 13.7 Å². The summed E-state index contributed by atoms with van der Waals surface area (Å²) in [5.41, 5.74) is 1.29. The van der Waals surface area contributed by atoms with Crippen LogP contribution in [0.3, 0.4) is 0 Å². The van der Waals surface area contributed by atoms with Crippen LogP contribution in [0.15, 0.2) is 72.8 Å². The van der Waals surface area contributed by atoms with E-state index in [9.17, 15) is 14.0 Å². The molecule has 0 heterocycles. The highest BCUT2D eigenvalue weighted by atomic mass is 19.1. The van der Waals surface area contributed by atoms with Gasteiger partial charge in [0.2, 0.25) is 0 Å². The van der Waals surface area contributed by atoms with Crippen LogP contribution in [0.5, 0.6) is 17.2 Å².